The Labute approximate surface area is 258 Å². The van der Waals surface area contributed by atoms with Gasteiger partial charge in [0.15, 0.2) is 0 Å². The number of hydrogen-bond donors (Lipinski definition) is 0. The van der Waals surface area contributed by atoms with E-state index in [9.17, 15) is 0 Å². The van der Waals surface area contributed by atoms with Crippen LogP contribution in [0, 0.1) is 0 Å². The second-order valence-electron chi connectivity index (χ2n) is 11.8. The number of rotatable bonds is 3. The van der Waals surface area contributed by atoms with Gasteiger partial charge in [-0.15, -0.1) is 0 Å². The summed E-state index contributed by atoms with van der Waals surface area (Å²) >= 11 is 0. The fraction of sp³-hybridized carbons (Fsp3) is 0. The molecule has 0 saturated heterocycles. The third kappa shape index (κ3) is 3.46. The van der Waals surface area contributed by atoms with Crippen molar-refractivity contribution in [2.24, 2.45) is 0 Å². The molecule has 0 aliphatic heterocycles. The quantitative estimate of drug-likeness (QED) is 0.206. The molecule has 0 aliphatic carbocycles. The molecule has 0 atom stereocenters. The van der Waals surface area contributed by atoms with Crippen molar-refractivity contribution in [3.05, 3.63) is 158 Å². The summed E-state index contributed by atoms with van der Waals surface area (Å²) in [4.78, 5) is 0. The first-order valence-corrected chi connectivity index (χ1v) is 15.4. The Kier molecular flexibility index (Phi) is 5.00. The standard InChI is InChI=1S/C42H26N2O/c1-2-11-27(12-3-1)28-21-24-40-34(25-28)42-38(19-10-20-41(42)45-40)44-37-18-9-6-15-32(37)33-23-22-29(26-39(33)44)43-35-16-7-4-13-30(35)31-14-5-8-17-36(31)43/h1-26H. The Hall–Kier alpha value is -6.06. The second kappa shape index (κ2) is 9.22. The molecule has 0 bridgehead atoms. The molecule has 0 unspecified atom stereocenters. The highest BCUT2D eigenvalue weighted by molar-refractivity contribution is 6.15. The van der Waals surface area contributed by atoms with Gasteiger partial charge in [0.25, 0.3) is 0 Å². The summed E-state index contributed by atoms with van der Waals surface area (Å²) in [5, 5.41) is 7.22. The summed E-state index contributed by atoms with van der Waals surface area (Å²) in [5.41, 5.74) is 11.1. The number of nitrogens with zero attached hydrogens (tertiary/aromatic N) is 2. The summed E-state index contributed by atoms with van der Waals surface area (Å²) < 4.78 is 11.3. The first-order valence-electron chi connectivity index (χ1n) is 15.4. The Balaban J connectivity index is 1.30. The molecule has 7 aromatic carbocycles. The molecular formula is C42H26N2O. The van der Waals surface area contributed by atoms with Gasteiger partial charge in [0, 0.05) is 32.6 Å². The Morgan fingerprint density at radius 2 is 0.978 bits per heavy atom. The summed E-state index contributed by atoms with van der Waals surface area (Å²) in [6.07, 6.45) is 0. The SMILES string of the molecule is c1ccc(-c2ccc3oc4cccc(-n5c6ccccc6c6ccc(-n7c8ccccc8c8ccccc87)cc65)c4c3c2)cc1. The molecule has 0 radical (unpaired) electrons. The van der Waals surface area contributed by atoms with Crippen LogP contribution in [0.3, 0.4) is 0 Å². The maximum Gasteiger partial charge on any atom is 0.137 e. The molecule has 0 N–H and O–H groups in total. The molecule has 210 valence electrons. The molecule has 0 aliphatic rings. The summed E-state index contributed by atoms with van der Waals surface area (Å²) in [6, 6.07) is 56.5. The maximum absolute atomic E-state index is 6.47. The van der Waals surface area contributed by atoms with Crippen LogP contribution in [0.5, 0.6) is 0 Å². The lowest BCUT2D eigenvalue weighted by Crippen LogP contribution is -1.97. The van der Waals surface area contributed by atoms with Crippen molar-refractivity contribution in [3.8, 4) is 22.5 Å². The topological polar surface area (TPSA) is 23.0 Å². The first kappa shape index (κ1) is 24.4. The highest BCUT2D eigenvalue weighted by Crippen LogP contribution is 2.41. The van der Waals surface area contributed by atoms with Crippen LogP contribution >= 0.6 is 0 Å². The van der Waals surface area contributed by atoms with E-state index in [-0.39, 0.29) is 0 Å². The van der Waals surface area contributed by atoms with Gasteiger partial charge in [-0.05, 0) is 65.7 Å². The van der Waals surface area contributed by atoms with Gasteiger partial charge in [0.05, 0.1) is 33.1 Å². The van der Waals surface area contributed by atoms with E-state index in [1.54, 1.807) is 0 Å². The third-order valence-corrected chi connectivity index (χ3v) is 9.32. The average Bonchev–Trinajstić information content (AvgIpc) is 3.76. The largest absolute Gasteiger partial charge is 0.456 e. The van der Waals surface area contributed by atoms with Crippen LogP contribution in [0.1, 0.15) is 0 Å². The Bertz CT molecular complexity index is 2710. The number of para-hydroxylation sites is 3. The normalized spacial score (nSPS) is 12.0. The highest BCUT2D eigenvalue weighted by Gasteiger charge is 2.19. The lowest BCUT2D eigenvalue weighted by atomic mass is 10.0. The van der Waals surface area contributed by atoms with Gasteiger partial charge >= 0.3 is 0 Å². The van der Waals surface area contributed by atoms with Crippen LogP contribution in [-0.2, 0) is 0 Å². The number of furan rings is 1. The van der Waals surface area contributed by atoms with Crippen LogP contribution in [0.15, 0.2) is 162 Å². The predicted octanol–water partition coefficient (Wildman–Crippen LogP) is 11.4. The van der Waals surface area contributed by atoms with Crippen LogP contribution in [0.25, 0.3) is 88.1 Å². The lowest BCUT2D eigenvalue weighted by Gasteiger charge is -2.12. The van der Waals surface area contributed by atoms with Crippen LogP contribution in [0.4, 0.5) is 0 Å². The number of benzene rings is 7. The average molecular weight is 575 g/mol. The minimum absolute atomic E-state index is 0.886. The van der Waals surface area contributed by atoms with E-state index in [1.807, 2.05) is 0 Å². The zero-order valence-electron chi connectivity index (χ0n) is 24.3. The van der Waals surface area contributed by atoms with Crippen molar-refractivity contribution in [1.82, 2.24) is 9.13 Å². The lowest BCUT2D eigenvalue weighted by molar-refractivity contribution is 0.669. The molecule has 45 heavy (non-hydrogen) atoms. The predicted molar refractivity (Wildman–Crippen MR) is 188 cm³/mol. The summed E-state index contributed by atoms with van der Waals surface area (Å²) in [6.45, 7) is 0. The van der Waals surface area contributed by atoms with Crippen molar-refractivity contribution in [2.75, 3.05) is 0 Å². The van der Waals surface area contributed by atoms with E-state index >= 15 is 0 Å². The van der Waals surface area contributed by atoms with Crippen molar-refractivity contribution < 1.29 is 4.42 Å². The minimum Gasteiger partial charge on any atom is -0.456 e. The molecule has 0 saturated carbocycles. The van der Waals surface area contributed by atoms with Gasteiger partial charge in [0.1, 0.15) is 11.2 Å². The third-order valence-electron chi connectivity index (χ3n) is 9.32. The molecule has 3 nitrogen and oxygen atoms in total. The number of aromatic nitrogens is 2. The summed E-state index contributed by atoms with van der Waals surface area (Å²) in [7, 11) is 0. The van der Waals surface area contributed by atoms with Gasteiger partial charge in [-0.25, -0.2) is 0 Å². The van der Waals surface area contributed by atoms with E-state index in [0.29, 0.717) is 0 Å². The molecule has 10 rings (SSSR count). The fourth-order valence-electron chi connectivity index (χ4n) is 7.36. The van der Waals surface area contributed by atoms with Gasteiger partial charge in [-0.2, -0.15) is 0 Å². The van der Waals surface area contributed by atoms with Crippen LogP contribution in [0.2, 0.25) is 0 Å². The molecular weight excluding hydrogens is 548 g/mol. The highest BCUT2D eigenvalue weighted by atomic mass is 16.3. The van der Waals surface area contributed by atoms with E-state index in [1.165, 1.54) is 49.2 Å². The molecule has 0 amide bonds. The van der Waals surface area contributed by atoms with Crippen molar-refractivity contribution >= 4 is 65.6 Å². The molecule has 10 aromatic rings. The van der Waals surface area contributed by atoms with Crippen molar-refractivity contribution in [2.45, 2.75) is 0 Å². The van der Waals surface area contributed by atoms with Gasteiger partial charge < -0.3 is 13.6 Å². The Morgan fingerprint density at radius 3 is 1.69 bits per heavy atom. The van der Waals surface area contributed by atoms with Crippen molar-refractivity contribution in [1.29, 1.82) is 0 Å². The van der Waals surface area contributed by atoms with Crippen LogP contribution in [-0.4, -0.2) is 9.13 Å². The van der Waals surface area contributed by atoms with Gasteiger partial charge in [-0.1, -0.05) is 103 Å². The number of fused-ring (bicyclic) bond motifs is 9. The van der Waals surface area contributed by atoms with E-state index in [4.69, 9.17) is 4.42 Å². The maximum atomic E-state index is 6.47. The van der Waals surface area contributed by atoms with Gasteiger partial charge in [-0.3, -0.25) is 0 Å². The monoisotopic (exact) mass is 574 g/mol. The minimum atomic E-state index is 0.886. The van der Waals surface area contributed by atoms with E-state index in [0.717, 1.165) is 38.8 Å². The van der Waals surface area contributed by atoms with Crippen LogP contribution < -0.4 is 0 Å². The fourth-order valence-corrected chi connectivity index (χ4v) is 7.36. The zero-order chi connectivity index (χ0) is 29.5. The molecule has 0 fully saturated rings. The molecule has 3 heteroatoms. The first-order chi connectivity index (χ1) is 22.3. The molecule has 3 heterocycles. The zero-order valence-corrected chi connectivity index (χ0v) is 24.3. The summed E-state index contributed by atoms with van der Waals surface area (Å²) in [5.74, 6) is 0. The van der Waals surface area contributed by atoms with E-state index in [2.05, 4.69) is 167 Å². The smallest absolute Gasteiger partial charge is 0.137 e. The van der Waals surface area contributed by atoms with Crippen molar-refractivity contribution in [3.63, 3.8) is 0 Å². The van der Waals surface area contributed by atoms with E-state index < -0.39 is 0 Å². The second-order valence-corrected chi connectivity index (χ2v) is 11.8. The number of hydrogen-bond acceptors (Lipinski definition) is 1. The van der Waals surface area contributed by atoms with Gasteiger partial charge in [0.2, 0.25) is 0 Å². The Morgan fingerprint density at radius 1 is 0.356 bits per heavy atom. The molecule has 0 spiro atoms. The molecule has 3 aromatic heterocycles.